The highest BCUT2D eigenvalue weighted by Gasteiger charge is 2.28. The van der Waals surface area contributed by atoms with Crippen LogP contribution in [-0.4, -0.2) is 29.0 Å². The van der Waals surface area contributed by atoms with Crippen molar-refractivity contribution in [2.24, 2.45) is 0 Å². The summed E-state index contributed by atoms with van der Waals surface area (Å²) in [5.41, 5.74) is 7.46. The largest absolute Gasteiger partial charge is 0.344 e. The molecule has 172 valence electrons. The normalized spacial score (nSPS) is 15.2. The molecular weight excluding hydrogens is 438 g/mol. The van der Waals surface area contributed by atoms with Crippen molar-refractivity contribution in [3.05, 3.63) is 83.6 Å². The van der Waals surface area contributed by atoms with E-state index < -0.39 is 0 Å². The van der Waals surface area contributed by atoms with E-state index >= 15 is 0 Å². The number of rotatable bonds is 4. The van der Waals surface area contributed by atoms with Crippen molar-refractivity contribution in [2.45, 2.75) is 49.1 Å². The van der Waals surface area contributed by atoms with E-state index in [2.05, 4.69) is 65.9 Å². The minimum Gasteiger partial charge on any atom is -0.344 e. The van der Waals surface area contributed by atoms with E-state index in [9.17, 15) is 4.79 Å². The highest BCUT2D eigenvalue weighted by Crippen LogP contribution is 2.48. The average Bonchev–Trinajstić information content (AvgIpc) is 3.17. The Hall–Kier alpha value is -3.02. The Kier molecular flexibility index (Phi) is 5.47. The molecule has 0 unspecified atom stereocenters. The molecule has 1 aromatic heterocycles. The monoisotopic (exact) mass is 467 g/mol. The van der Waals surface area contributed by atoms with Crippen molar-refractivity contribution >= 4 is 39.9 Å². The molecule has 2 aliphatic heterocycles. The zero-order valence-corrected chi connectivity index (χ0v) is 20.6. The van der Waals surface area contributed by atoms with Gasteiger partial charge < -0.3 is 9.47 Å². The van der Waals surface area contributed by atoms with Crippen LogP contribution in [0.1, 0.15) is 30.2 Å². The van der Waals surface area contributed by atoms with Crippen molar-refractivity contribution in [3.8, 4) is 0 Å². The lowest BCUT2D eigenvalue weighted by Gasteiger charge is -2.31. The Morgan fingerprint density at radius 3 is 2.38 bits per heavy atom. The second kappa shape index (κ2) is 8.64. The van der Waals surface area contributed by atoms with Crippen molar-refractivity contribution in [1.29, 1.82) is 0 Å². The summed E-state index contributed by atoms with van der Waals surface area (Å²) < 4.78 is 2.42. The highest BCUT2D eigenvalue weighted by molar-refractivity contribution is 7.99. The Bertz CT molecular complexity index is 1360. The zero-order valence-electron chi connectivity index (χ0n) is 19.8. The standard InChI is InChI=1S/C29H29N3OS/c1-3-20-12-13-23-21(18-20)22-19-30(2)16-14-24(22)31(23)17-15-29(33)32-25-8-4-6-10-27(25)34-28-11-7-5-9-26(28)32/h4-13,18H,3,14-17,19H2,1-2H3. The van der Waals surface area contributed by atoms with Gasteiger partial charge in [0.15, 0.2) is 0 Å². The molecule has 0 aliphatic carbocycles. The number of amides is 1. The number of carbonyl (C=O) groups excluding carboxylic acids is 1. The molecule has 3 aromatic carbocycles. The van der Waals surface area contributed by atoms with Gasteiger partial charge in [0.1, 0.15) is 0 Å². The molecular formula is C29H29N3OS. The molecule has 5 heteroatoms. The lowest BCUT2D eigenvalue weighted by atomic mass is 10.0. The van der Waals surface area contributed by atoms with E-state index in [1.54, 1.807) is 11.8 Å². The number of aromatic nitrogens is 1. The molecule has 0 bridgehead atoms. The molecule has 0 atom stereocenters. The number of carbonyl (C=O) groups is 1. The molecule has 0 saturated heterocycles. The van der Waals surface area contributed by atoms with Crippen molar-refractivity contribution in [2.75, 3.05) is 18.5 Å². The first-order chi connectivity index (χ1) is 16.6. The fourth-order valence-corrected chi connectivity index (χ4v) is 6.46. The number of para-hydroxylation sites is 2. The van der Waals surface area contributed by atoms with E-state index in [1.807, 2.05) is 29.2 Å². The van der Waals surface area contributed by atoms with Gasteiger partial charge in [0, 0.05) is 58.9 Å². The number of aryl methyl sites for hydroxylation is 2. The molecule has 34 heavy (non-hydrogen) atoms. The third-order valence-corrected chi connectivity index (χ3v) is 8.28. The SMILES string of the molecule is CCc1ccc2c(c1)c1c(n2CCC(=O)N2c3ccccc3Sc3ccccc32)CCN(C)C1. The van der Waals surface area contributed by atoms with Crippen LogP contribution in [0.15, 0.2) is 76.5 Å². The molecule has 0 saturated carbocycles. The van der Waals surface area contributed by atoms with Crippen LogP contribution in [0.4, 0.5) is 11.4 Å². The molecule has 1 amide bonds. The maximum absolute atomic E-state index is 13.8. The summed E-state index contributed by atoms with van der Waals surface area (Å²) in [5, 5.41) is 1.36. The topological polar surface area (TPSA) is 28.5 Å². The van der Waals surface area contributed by atoms with Gasteiger partial charge in [0.05, 0.1) is 11.4 Å². The van der Waals surface area contributed by atoms with Crippen LogP contribution in [0.5, 0.6) is 0 Å². The first-order valence-corrected chi connectivity index (χ1v) is 13.0. The van der Waals surface area contributed by atoms with Crippen LogP contribution in [0.3, 0.4) is 0 Å². The lowest BCUT2D eigenvalue weighted by molar-refractivity contribution is -0.118. The van der Waals surface area contributed by atoms with E-state index in [0.29, 0.717) is 13.0 Å². The number of anilines is 2. The van der Waals surface area contributed by atoms with Crippen LogP contribution < -0.4 is 4.90 Å². The number of hydrogen-bond donors (Lipinski definition) is 0. The van der Waals surface area contributed by atoms with Gasteiger partial charge >= 0.3 is 0 Å². The molecule has 4 nitrogen and oxygen atoms in total. The highest BCUT2D eigenvalue weighted by atomic mass is 32.2. The molecule has 2 aliphatic rings. The molecule has 3 heterocycles. The van der Waals surface area contributed by atoms with Crippen LogP contribution in [0, 0.1) is 0 Å². The summed E-state index contributed by atoms with van der Waals surface area (Å²) in [4.78, 5) is 20.4. The third-order valence-electron chi connectivity index (χ3n) is 7.15. The predicted molar refractivity (Wildman–Crippen MR) is 140 cm³/mol. The quantitative estimate of drug-likeness (QED) is 0.347. The summed E-state index contributed by atoms with van der Waals surface area (Å²) in [7, 11) is 2.20. The van der Waals surface area contributed by atoms with Crippen molar-refractivity contribution < 1.29 is 4.79 Å². The number of benzene rings is 3. The number of hydrogen-bond acceptors (Lipinski definition) is 3. The summed E-state index contributed by atoms with van der Waals surface area (Å²) >= 11 is 1.74. The van der Waals surface area contributed by atoms with E-state index in [-0.39, 0.29) is 5.91 Å². The molecule has 0 spiro atoms. The van der Waals surface area contributed by atoms with Gasteiger partial charge in [-0.15, -0.1) is 0 Å². The van der Waals surface area contributed by atoms with Crippen LogP contribution in [0.2, 0.25) is 0 Å². The smallest absolute Gasteiger partial charge is 0.233 e. The van der Waals surface area contributed by atoms with E-state index in [1.165, 1.54) is 27.7 Å². The van der Waals surface area contributed by atoms with E-state index in [0.717, 1.165) is 47.1 Å². The molecule has 4 aromatic rings. The van der Waals surface area contributed by atoms with Gasteiger partial charge in [0.25, 0.3) is 0 Å². The number of nitrogens with zero attached hydrogens (tertiary/aromatic N) is 3. The second-order valence-electron chi connectivity index (χ2n) is 9.29. The molecule has 0 radical (unpaired) electrons. The van der Waals surface area contributed by atoms with E-state index in [4.69, 9.17) is 0 Å². The Labute approximate surface area is 205 Å². The maximum Gasteiger partial charge on any atom is 0.233 e. The van der Waals surface area contributed by atoms with Gasteiger partial charge in [-0.3, -0.25) is 9.69 Å². The van der Waals surface area contributed by atoms with Crippen molar-refractivity contribution in [3.63, 3.8) is 0 Å². The minimum absolute atomic E-state index is 0.147. The second-order valence-corrected chi connectivity index (χ2v) is 10.4. The Balaban J connectivity index is 1.36. The predicted octanol–water partition coefficient (Wildman–Crippen LogP) is 6.41. The van der Waals surface area contributed by atoms with Crippen LogP contribution in [0.25, 0.3) is 10.9 Å². The first kappa shape index (κ1) is 21.5. The zero-order chi connectivity index (χ0) is 23.2. The third kappa shape index (κ3) is 3.55. The van der Waals surface area contributed by atoms with Gasteiger partial charge in [-0.05, 0) is 61.0 Å². The average molecular weight is 468 g/mol. The van der Waals surface area contributed by atoms with Crippen LogP contribution in [-0.2, 0) is 30.7 Å². The molecule has 0 fully saturated rings. The lowest BCUT2D eigenvalue weighted by Crippen LogP contribution is -2.30. The minimum atomic E-state index is 0.147. The summed E-state index contributed by atoms with van der Waals surface area (Å²) in [5.74, 6) is 0.147. The van der Waals surface area contributed by atoms with Gasteiger partial charge in [-0.2, -0.15) is 0 Å². The summed E-state index contributed by atoms with van der Waals surface area (Å²) in [6.45, 7) is 4.95. The molecule has 6 rings (SSSR count). The Morgan fingerprint density at radius 2 is 1.68 bits per heavy atom. The fourth-order valence-electron chi connectivity index (χ4n) is 5.40. The number of likely N-dealkylation sites (N-methyl/N-ethyl adjacent to an activating group) is 1. The number of fused-ring (bicyclic) bond motifs is 5. The van der Waals surface area contributed by atoms with Crippen molar-refractivity contribution in [1.82, 2.24) is 9.47 Å². The summed E-state index contributed by atoms with van der Waals surface area (Å²) in [6.07, 6.45) is 2.53. The van der Waals surface area contributed by atoms with Gasteiger partial charge in [-0.1, -0.05) is 49.0 Å². The fraction of sp³-hybridized carbons (Fsp3) is 0.276. The van der Waals surface area contributed by atoms with Crippen LogP contribution >= 0.6 is 11.8 Å². The summed E-state index contributed by atoms with van der Waals surface area (Å²) in [6, 6.07) is 23.3. The maximum atomic E-state index is 13.8. The first-order valence-electron chi connectivity index (χ1n) is 12.1. The Morgan fingerprint density at radius 1 is 0.971 bits per heavy atom. The van der Waals surface area contributed by atoms with Gasteiger partial charge in [0.2, 0.25) is 5.91 Å². The van der Waals surface area contributed by atoms with Gasteiger partial charge in [-0.25, -0.2) is 0 Å². The molecule has 0 N–H and O–H groups in total.